The van der Waals surface area contributed by atoms with E-state index in [1.54, 1.807) is 30.3 Å². The molecule has 0 bridgehead atoms. The number of carboxylic acids is 1. The van der Waals surface area contributed by atoms with E-state index >= 15 is 0 Å². The standard InChI is InChI=1S/C21H18F3N5O7S3/c22-21(23,24)6-7-38(32,33)17(18-29-28-16(36-18)10-26-39(25,34)35)19-27-14-5-4-12(9-15(14)37-19)11-2-1-3-13(8-11)20(30)31/h1-5,8-9,17,26H,6-7,10H2,(H,30,31)(H2,25,34,35). The first-order valence-corrected chi connectivity index (χ1v) is 14.8. The van der Waals surface area contributed by atoms with E-state index in [2.05, 4.69) is 15.2 Å². The van der Waals surface area contributed by atoms with E-state index in [1.165, 1.54) is 12.1 Å². The molecule has 0 radical (unpaired) electrons. The van der Waals surface area contributed by atoms with Crippen molar-refractivity contribution in [3.8, 4) is 11.1 Å². The van der Waals surface area contributed by atoms with Crippen LogP contribution in [0.3, 0.4) is 0 Å². The Morgan fingerprint density at radius 3 is 2.49 bits per heavy atom. The fraction of sp³-hybridized carbons (Fsp3) is 0.238. The molecule has 0 aliphatic carbocycles. The zero-order valence-electron chi connectivity index (χ0n) is 19.4. The van der Waals surface area contributed by atoms with Crippen molar-refractivity contribution < 1.29 is 44.3 Å². The Morgan fingerprint density at radius 1 is 1.10 bits per heavy atom. The number of hydrogen-bond acceptors (Lipinski definition) is 10. The molecule has 2 aromatic carbocycles. The van der Waals surface area contributed by atoms with E-state index in [0.29, 0.717) is 21.3 Å². The van der Waals surface area contributed by atoms with Gasteiger partial charge in [0.1, 0.15) is 5.01 Å². The van der Waals surface area contributed by atoms with Crippen molar-refractivity contribution in [1.29, 1.82) is 0 Å². The molecule has 0 spiro atoms. The van der Waals surface area contributed by atoms with Crippen LogP contribution in [0.15, 0.2) is 46.9 Å². The molecule has 4 N–H and O–H groups in total. The molecule has 0 aliphatic heterocycles. The molecule has 0 saturated carbocycles. The van der Waals surface area contributed by atoms with Gasteiger partial charge in [0.25, 0.3) is 10.2 Å². The lowest BCUT2D eigenvalue weighted by Gasteiger charge is -2.13. The van der Waals surface area contributed by atoms with Crippen LogP contribution >= 0.6 is 11.3 Å². The zero-order valence-corrected chi connectivity index (χ0v) is 21.9. The number of aromatic carboxylic acids is 1. The highest BCUT2D eigenvalue weighted by molar-refractivity contribution is 7.92. The van der Waals surface area contributed by atoms with Crippen LogP contribution in [-0.2, 0) is 26.6 Å². The van der Waals surface area contributed by atoms with Crippen molar-refractivity contribution in [2.75, 3.05) is 5.75 Å². The number of hydrogen-bond donors (Lipinski definition) is 3. The van der Waals surface area contributed by atoms with E-state index in [9.17, 15) is 39.9 Å². The van der Waals surface area contributed by atoms with Crippen LogP contribution in [0.1, 0.15) is 38.8 Å². The molecule has 4 rings (SSSR count). The number of sulfone groups is 1. The number of nitrogens with one attached hydrogen (secondary N) is 1. The molecule has 0 amide bonds. The van der Waals surface area contributed by atoms with Gasteiger partial charge in [-0.3, -0.25) is 0 Å². The Labute approximate surface area is 222 Å². The van der Waals surface area contributed by atoms with Crippen LogP contribution in [0, 0.1) is 0 Å². The van der Waals surface area contributed by atoms with E-state index in [-0.39, 0.29) is 16.5 Å². The summed E-state index contributed by atoms with van der Waals surface area (Å²) in [4.78, 5) is 15.6. The van der Waals surface area contributed by atoms with E-state index in [4.69, 9.17) is 9.56 Å². The van der Waals surface area contributed by atoms with Crippen molar-refractivity contribution in [1.82, 2.24) is 19.9 Å². The van der Waals surface area contributed by atoms with Gasteiger partial charge < -0.3 is 9.52 Å². The minimum atomic E-state index is -4.76. The Kier molecular flexibility index (Phi) is 7.77. The largest absolute Gasteiger partial charge is 0.478 e. The molecule has 39 heavy (non-hydrogen) atoms. The number of alkyl halides is 3. The van der Waals surface area contributed by atoms with Gasteiger partial charge in [-0.2, -0.15) is 26.3 Å². The zero-order chi connectivity index (χ0) is 28.6. The van der Waals surface area contributed by atoms with Crippen LogP contribution in [0.4, 0.5) is 13.2 Å². The normalized spacial score (nSPS) is 13.5. The van der Waals surface area contributed by atoms with Crippen LogP contribution in [0.5, 0.6) is 0 Å². The highest BCUT2D eigenvalue weighted by Crippen LogP contribution is 2.38. The average molecular weight is 606 g/mol. The topological polar surface area (TPSA) is 195 Å². The Bertz CT molecular complexity index is 1750. The number of halogens is 3. The summed E-state index contributed by atoms with van der Waals surface area (Å²) in [5, 5.41) is 19.3. The minimum absolute atomic E-state index is 0.0533. The summed E-state index contributed by atoms with van der Waals surface area (Å²) >= 11 is 0.860. The van der Waals surface area contributed by atoms with Crippen molar-refractivity contribution in [2.45, 2.75) is 24.4 Å². The van der Waals surface area contributed by atoms with Crippen LogP contribution in [0.25, 0.3) is 21.3 Å². The Hall–Kier alpha value is -3.45. The molecule has 0 aliphatic rings. The summed E-state index contributed by atoms with van der Waals surface area (Å²) in [7, 11) is -8.77. The van der Waals surface area contributed by atoms with Crippen LogP contribution in [0.2, 0.25) is 0 Å². The van der Waals surface area contributed by atoms with Gasteiger partial charge in [-0.25, -0.2) is 23.3 Å². The fourth-order valence-corrected chi connectivity index (χ4v) is 6.87. The maximum atomic E-state index is 13.1. The molecule has 12 nitrogen and oxygen atoms in total. The van der Waals surface area contributed by atoms with E-state index < -0.39 is 62.1 Å². The molecule has 1 atom stereocenters. The summed E-state index contributed by atoms with van der Waals surface area (Å²) < 4.78 is 94.7. The maximum absolute atomic E-state index is 13.1. The van der Waals surface area contributed by atoms with Gasteiger partial charge in [0, 0.05) is 0 Å². The monoisotopic (exact) mass is 605 g/mol. The van der Waals surface area contributed by atoms with E-state index in [0.717, 1.165) is 11.3 Å². The molecule has 4 aromatic rings. The molecule has 208 valence electrons. The first-order chi connectivity index (χ1) is 18.1. The molecule has 0 saturated heterocycles. The second-order valence-corrected chi connectivity index (χ2v) is 12.8. The molecule has 0 fully saturated rings. The lowest BCUT2D eigenvalue weighted by Crippen LogP contribution is -2.30. The van der Waals surface area contributed by atoms with Gasteiger partial charge in [-0.1, -0.05) is 18.2 Å². The Morgan fingerprint density at radius 2 is 1.82 bits per heavy atom. The van der Waals surface area contributed by atoms with Gasteiger partial charge in [-0.15, -0.1) is 21.5 Å². The highest BCUT2D eigenvalue weighted by Gasteiger charge is 2.40. The number of carbonyl (C=O) groups is 1. The lowest BCUT2D eigenvalue weighted by molar-refractivity contribution is -0.129. The smallest absolute Gasteiger partial charge is 0.390 e. The number of benzene rings is 2. The number of nitrogens with two attached hydrogens (primary N) is 1. The van der Waals surface area contributed by atoms with Crippen LogP contribution in [-0.4, -0.2) is 55.0 Å². The summed E-state index contributed by atoms with van der Waals surface area (Å²) in [5.74, 6) is -3.39. The molecular formula is C21H18F3N5O7S3. The van der Waals surface area contributed by atoms with Gasteiger partial charge in [-0.05, 0) is 35.4 Å². The van der Waals surface area contributed by atoms with Crippen molar-refractivity contribution in [3.63, 3.8) is 0 Å². The SMILES string of the molecule is NS(=O)(=O)NCc1nnc(C(c2nc3ccc(-c4cccc(C(=O)O)c4)cc3s2)S(=O)(=O)CCC(F)(F)F)o1. The predicted molar refractivity (Wildman–Crippen MR) is 133 cm³/mol. The van der Waals surface area contributed by atoms with Gasteiger partial charge in [0.05, 0.1) is 34.5 Å². The third-order valence-corrected chi connectivity index (χ3v) is 8.93. The van der Waals surface area contributed by atoms with Gasteiger partial charge >= 0.3 is 12.1 Å². The number of thiazole rings is 1. The molecular weight excluding hydrogens is 587 g/mol. The second kappa shape index (κ2) is 10.6. The third-order valence-electron chi connectivity index (χ3n) is 5.23. The number of carboxylic acid groups (broad SMARTS) is 1. The summed E-state index contributed by atoms with van der Waals surface area (Å²) in [6.07, 6.45) is -6.39. The van der Waals surface area contributed by atoms with Gasteiger partial charge in [0.2, 0.25) is 11.8 Å². The molecule has 1 unspecified atom stereocenters. The lowest BCUT2D eigenvalue weighted by atomic mass is 10.0. The number of aromatic nitrogens is 3. The fourth-order valence-electron chi connectivity index (χ4n) is 3.46. The van der Waals surface area contributed by atoms with Crippen molar-refractivity contribution in [3.05, 3.63) is 64.8 Å². The minimum Gasteiger partial charge on any atom is -0.478 e. The first-order valence-electron chi connectivity index (χ1n) is 10.7. The third kappa shape index (κ3) is 7.15. The predicted octanol–water partition coefficient (Wildman–Crippen LogP) is 2.79. The molecule has 18 heteroatoms. The highest BCUT2D eigenvalue weighted by atomic mass is 32.2. The summed E-state index contributed by atoms with van der Waals surface area (Å²) in [6, 6.07) is 10.9. The Balaban J connectivity index is 1.75. The van der Waals surface area contributed by atoms with Gasteiger partial charge in [0.15, 0.2) is 15.1 Å². The number of nitrogens with zero attached hydrogens (tertiary/aromatic N) is 3. The quantitative estimate of drug-likeness (QED) is 0.242. The van der Waals surface area contributed by atoms with Crippen molar-refractivity contribution in [2.24, 2.45) is 5.14 Å². The summed E-state index contributed by atoms with van der Waals surface area (Å²) in [5.41, 5.74) is 1.52. The maximum Gasteiger partial charge on any atom is 0.390 e. The number of fused-ring (bicyclic) bond motifs is 1. The molecule has 2 aromatic heterocycles. The van der Waals surface area contributed by atoms with Crippen LogP contribution < -0.4 is 9.86 Å². The second-order valence-electron chi connectivity index (χ2n) is 8.13. The first kappa shape index (κ1) is 28.6. The average Bonchev–Trinajstić information content (AvgIpc) is 3.47. The van der Waals surface area contributed by atoms with E-state index in [1.807, 2.05) is 4.72 Å². The molecule has 2 heterocycles. The summed E-state index contributed by atoms with van der Waals surface area (Å²) in [6.45, 7) is -0.584. The number of rotatable bonds is 10. The van der Waals surface area contributed by atoms with Crippen molar-refractivity contribution >= 4 is 47.6 Å².